The van der Waals surface area contributed by atoms with E-state index in [0.717, 1.165) is 51.4 Å². The number of carbonyl (C=O) groups is 1. The molecule has 0 radical (unpaired) electrons. The van der Waals surface area contributed by atoms with Crippen LogP contribution in [0.2, 0.25) is 0 Å². The molecule has 3 nitrogen and oxygen atoms in total. The van der Waals surface area contributed by atoms with Gasteiger partial charge in [-0.2, -0.15) is 13.2 Å². The summed E-state index contributed by atoms with van der Waals surface area (Å²) in [6.07, 6.45) is 11.6. The molecule has 0 aromatic carbocycles. The van der Waals surface area contributed by atoms with Gasteiger partial charge in [-0.15, -0.1) is 0 Å². The number of fused-ring (bicyclic) bond motifs is 1. The molecule has 0 saturated heterocycles. The highest BCUT2D eigenvalue weighted by Crippen LogP contribution is 2.46. The van der Waals surface area contributed by atoms with Gasteiger partial charge in [0, 0.05) is 18.5 Å². The molecule has 0 aromatic heterocycles. The van der Waals surface area contributed by atoms with Gasteiger partial charge in [0.1, 0.15) is 0 Å². The fourth-order valence-electron chi connectivity index (χ4n) is 3.60. The van der Waals surface area contributed by atoms with E-state index in [0.29, 0.717) is 19.1 Å². The molecule has 0 aromatic rings. The van der Waals surface area contributed by atoms with Crippen molar-refractivity contribution in [3.05, 3.63) is 23.3 Å². The fraction of sp³-hybridized carbons (Fsp3) is 0.750. The molecular weight excluding hydrogens is 375 g/mol. The van der Waals surface area contributed by atoms with Gasteiger partial charge < -0.3 is 4.74 Å². The first kappa shape index (κ1) is 22.3. The van der Waals surface area contributed by atoms with Gasteiger partial charge in [0.05, 0.1) is 12.0 Å². The Morgan fingerprint density at radius 3 is 2.59 bits per heavy atom. The minimum Gasteiger partial charge on any atom is -0.465 e. The Morgan fingerprint density at radius 1 is 1.22 bits per heavy atom. The summed E-state index contributed by atoms with van der Waals surface area (Å²) in [7, 11) is 0. The fourth-order valence-corrected chi connectivity index (χ4v) is 4.01. The molecule has 7 heteroatoms. The number of rotatable bonds is 11. The third-order valence-electron chi connectivity index (χ3n) is 4.95. The van der Waals surface area contributed by atoms with Gasteiger partial charge in [-0.3, -0.25) is 9.52 Å². The third kappa shape index (κ3) is 8.30. The number of allylic oxidation sites excluding steroid dienone is 3. The van der Waals surface area contributed by atoms with Crippen LogP contribution in [0.4, 0.5) is 13.2 Å². The Morgan fingerprint density at radius 2 is 1.89 bits per heavy atom. The van der Waals surface area contributed by atoms with Crippen LogP contribution in [0.3, 0.4) is 0 Å². The lowest BCUT2D eigenvalue weighted by Gasteiger charge is -2.25. The summed E-state index contributed by atoms with van der Waals surface area (Å²) in [5, 5.41) is 0. The number of alkyl halides is 3. The van der Waals surface area contributed by atoms with E-state index in [1.165, 1.54) is 11.1 Å². The first-order chi connectivity index (χ1) is 12.7. The Hall–Kier alpha value is -0.950. The molecule has 2 aliphatic carbocycles. The van der Waals surface area contributed by atoms with Gasteiger partial charge >= 0.3 is 11.5 Å². The van der Waals surface area contributed by atoms with Crippen LogP contribution < -0.4 is 4.72 Å². The van der Waals surface area contributed by atoms with Crippen molar-refractivity contribution in [3.63, 3.8) is 0 Å². The van der Waals surface area contributed by atoms with Gasteiger partial charge in [0.2, 0.25) is 0 Å². The molecule has 0 spiro atoms. The molecule has 2 aliphatic rings. The highest BCUT2D eigenvalue weighted by molar-refractivity contribution is 7.98. The first-order valence-electron chi connectivity index (χ1n) is 9.77. The Bertz CT molecular complexity index is 574. The lowest BCUT2D eigenvalue weighted by Crippen LogP contribution is -2.29. The van der Waals surface area contributed by atoms with Crippen LogP contribution in [-0.2, 0) is 9.53 Å². The first-order valence-corrected chi connectivity index (χ1v) is 10.6. The quantitative estimate of drug-likeness (QED) is 0.263. The number of ether oxygens (including phenoxy) is 1. The molecule has 0 heterocycles. The normalized spacial score (nSPS) is 24.6. The zero-order valence-electron chi connectivity index (χ0n) is 16.2. The molecule has 2 unspecified atom stereocenters. The number of unbranched alkanes of at least 4 members (excludes halogenated alkanes) is 5. The molecule has 0 bridgehead atoms. The minimum atomic E-state index is -4.21. The second-order valence-corrected chi connectivity index (χ2v) is 8.79. The van der Waals surface area contributed by atoms with Crippen LogP contribution >= 0.6 is 11.9 Å². The highest BCUT2D eigenvalue weighted by atomic mass is 32.2. The maximum Gasteiger partial charge on any atom is 0.456 e. The van der Waals surface area contributed by atoms with E-state index >= 15 is 0 Å². The largest absolute Gasteiger partial charge is 0.465 e. The van der Waals surface area contributed by atoms with Crippen molar-refractivity contribution in [2.24, 2.45) is 11.3 Å². The Balaban J connectivity index is 1.49. The van der Waals surface area contributed by atoms with Crippen LogP contribution in [0.25, 0.3) is 0 Å². The van der Waals surface area contributed by atoms with Crippen molar-refractivity contribution in [3.8, 4) is 0 Å². The van der Waals surface area contributed by atoms with E-state index in [2.05, 4.69) is 23.8 Å². The van der Waals surface area contributed by atoms with Gasteiger partial charge in [-0.25, -0.2) is 0 Å². The van der Waals surface area contributed by atoms with Gasteiger partial charge in [-0.1, -0.05) is 44.8 Å². The molecule has 1 fully saturated rings. The highest BCUT2D eigenvalue weighted by Gasteiger charge is 2.39. The lowest BCUT2D eigenvalue weighted by molar-refractivity contribution is -0.153. The van der Waals surface area contributed by atoms with Crippen LogP contribution in [0, 0.1) is 11.3 Å². The molecule has 1 N–H and O–H groups in total. The zero-order valence-corrected chi connectivity index (χ0v) is 17.0. The SMILES string of the molecule is CC1C=C2CC2=CC(C)(C(=O)OCCCCCCCCNSC(F)(F)F)C1. The van der Waals surface area contributed by atoms with Crippen LogP contribution in [0.5, 0.6) is 0 Å². The lowest BCUT2D eigenvalue weighted by atomic mass is 9.81. The maximum absolute atomic E-state index is 12.5. The number of carbonyl (C=O) groups excluding carboxylic acids is 1. The number of hydrogen-bond acceptors (Lipinski definition) is 4. The monoisotopic (exact) mass is 405 g/mol. The summed E-state index contributed by atoms with van der Waals surface area (Å²) < 4.78 is 43.6. The average molecular weight is 406 g/mol. The van der Waals surface area contributed by atoms with Gasteiger partial charge in [0.25, 0.3) is 0 Å². The van der Waals surface area contributed by atoms with Gasteiger partial charge in [-0.05, 0) is 49.7 Å². The molecule has 27 heavy (non-hydrogen) atoms. The van der Waals surface area contributed by atoms with Crippen molar-refractivity contribution in [1.29, 1.82) is 0 Å². The molecule has 0 amide bonds. The van der Waals surface area contributed by atoms with E-state index in [4.69, 9.17) is 4.74 Å². The molecule has 1 saturated carbocycles. The van der Waals surface area contributed by atoms with E-state index in [1.807, 2.05) is 6.92 Å². The van der Waals surface area contributed by atoms with Crippen molar-refractivity contribution < 1.29 is 22.7 Å². The summed E-state index contributed by atoms with van der Waals surface area (Å²) >= 11 is -0.179. The number of esters is 1. The van der Waals surface area contributed by atoms with Crippen molar-refractivity contribution in [2.45, 2.75) is 70.7 Å². The van der Waals surface area contributed by atoms with E-state index in [9.17, 15) is 18.0 Å². The zero-order chi connectivity index (χ0) is 19.9. The van der Waals surface area contributed by atoms with E-state index in [-0.39, 0.29) is 17.9 Å². The summed E-state index contributed by atoms with van der Waals surface area (Å²) in [5.74, 6) is 0.259. The van der Waals surface area contributed by atoms with Crippen molar-refractivity contribution in [2.75, 3.05) is 13.2 Å². The smallest absolute Gasteiger partial charge is 0.456 e. The summed E-state index contributed by atoms with van der Waals surface area (Å²) in [6.45, 7) is 4.92. The summed E-state index contributed by atoms with van der Waals surface area (Å²) in [4.78, 5) is 12.5. The van der Waals surface area contributed by atoms with Crippen LogP contribution in [0.15, 0.2) is 23.3 Å². The molecule has 2 atom stereocenters. The van der Waals surface area contributed by atoms with Crippen molar-refractivity contribution in [1.82, 2.24) is 4.72 Å². The van der Waals surface area contributed by atoms with Crippen molar-refractivity contribution >= 4 is 17.9 Å². The Kier molecular flexibility index (Phi) is 8.28. The number of nitrogens with one attached hydrogen (secondary N) is 1. The second-order valence-electron chi connectivity index (χ2n) is 7.84. The predicted molar refractivity (Wildman–Crippen MR) is 103 cm³/mol. The van der Waals surface area contributed by atoms with Gasteiger partial charge in [0.15, 0.2) is 0 Å². The second kappa shape index (κ2) is 10.0. The standard InChI is InChI=1S/C20H30F3NO2S/c1-15-11-16-12-17(16)14-19(2,13-15)18(25)26-10-8-6-4-3-5-7-9-24-27-20(21,22)23/h11,14-15,24H,3-10,12-13H2,1-2H3. The molecule has 2 rings (SSSR count). The van der Waals surface area contributed by atoms with Crippen LogP contribution in [-0.4, -0.2) is 24.6 Å². The summed E-state index contributed by atoms with van der Waals surface area (Å²) in [5.41, 5.74) is -2.06. The summed E-state index contributed by atoms with van der Waals surface area (Å²) in [6, 6.07) is 0. The molecule has 154 valence electrons. The topological polar surface area (TPSA) is 38.3 Å². The minimum absolute atomic E-state index is 0.128. The maximum atomic E-state index is 12.5. The predicted octanol–water partition coefficient (Wildman–Crippen LogP) is 5.93. The molecule has 0 aliphatic heterocycles. The van der Waals surface area contributed by atoms with E-state index < -0.39 is 10.9 Å². The van der Waals surface area contributed by atoms with E-state index in [1.54, 1.807) is 0 Å². The third-order valence-corrected chi connectivity index (χ3v) is 5.53. The number of hydrogen-bond donors (Lipinski definition) is 1. The Labute approximate surface area is 164 Å². The van der Waals surface area contributed by atoms with Crippen LogP contribution in [0.1, 0.15) is 65.2 Å². The average Bonchev–Trinajstić information content (AvgIpc) is 3.28. The molecular formula is C20H30F3NO2S. The number of halogens is 3.